The van der Waals surface area contributed by atoms with Crippen LogP contribution >= 0.6 is 22.9 Å². The second kappa shape index (κ2) is 6.28. The fourth-order valence-corrected chi connectivity index (χ4v) is 2.95. The van der Waals surface area contributed by atoms with Gasteiger partial charge in [0.25, 0.3) is 0 Å². The van der Waals surface area contributed by atoms with Crippen LogP contribution in [-0.2, 0) is 0 Å². The van der Waals surface area contributed by atoms with Crippen molar-refractivity contribution in [2.45, 2.75) is 0 Å². The van der Waals surface area contributed by atoms with E-state index in [-0.39, 0.29) is 6.03 Å². The van der Waals surface area contributed by atoms with Gasteiger partial charge < -0.3 is 9.80 Å². The molecule has 2 amide bonds. The van der Waals surface area contributed by atoms with Crippen LogP contribution in [-0.4, -0.2) is 47.3 Å². The summed E-state index contributed by atoms with van der Waals surface area (Å²) in [6.07, 6.45) is 0. The van der Waals surface area contributed by atoms with Crippen LogP contribution in [0.15, 0.2) is 29.8 Å². The number of anilines is 2. The molecule has 1 N–H and O–H groups in total. The molecule has 8 heteroatoms. The lowest BCUT2D eigenvalue weighted by molar-refractivity contribution is 0.208. The van der Waals surface area contributed by atoms with E-state index in [0.717, 1.165) is 23.8 Å². The summed E-state index contributed by atoms with van der Waals surface area (Å²) >= 11 is 7.51. The molecule has 1 aliphatic heterocycles. The van der Waals surface area contributed by atoms with Crippen LogP contribution in [0.4, 0.5) is 15.6 Å². The van der Waals surface area contributed by atoms with Crippen molar-refractivity contribution in [3.8, 4) is 0 Å². The maximum Gasteiger partial charge on any atom is 0.323 e. The Hall–Kier alpha value is -1.86. The number of hydrogen-bond acceptors (Lipinski definition) is 5. The van der Waals surface area contributed by atoms with Gasteiger partial charge in [-0.15, -0.1) is 10.2 Å². The average Bonchev–Trinajstić information content (AvgIpc) is 3.01. The molecular formula is C13H14ClN5OS. The Kier molecular flexibility index (Phi) is 4.21. The number of para-hydroxylation sites is 1. The first kappa shape index (κ1) is 14.1. The maximum absolute atomic E-state index is 12.1. The fourth-order valence-electron chi connectivity index (χ4n) is 2.26. The van der Waals surface area contributed by atoms with Gasteiger partial charge in [0.2, 0.25) is 5.13 Å². The highest BCUT2D eigenvalue weighted by molar-refractivity contribution is 7.13. The number of rotatable bonds is 2. The van der Waals surface area contributed by atoms with Gasteiger partial charge in [-0.2, -0.15) is 0 Å². The molecule has 3 rings (SSSR count). The molecular weight excluding hydrogens is 310 g/mol. The van der Waals surface area contributed by atoms with Crippen molar-refractivity contribution >= 4 is 39.8 Å². The van der Waals surface area contributed by atoms with Crippen molar-refractivity contribution in [1.29, 1.82) is 0 Å². The van der Waals surface area contributed by atoms with E-state index >= 15 is 0 Å². The molecule has 0 atom stereocenters. The highest BCUT2D eigenvalue weighted by Crippen LogP contribution is 2.26. The van der Waals surface area contributed by atoms with E-state index in [1.165, 1.54) is 11.3 Å². The zero-order chi connectivity index (χ0) is 14.7. The topological polar surface area (TPSA) is 61.4 Å². The molecule has 0 saturated carbocycles. The molecule has 0 radical (unpaired) electrons. The number of amides is 2. The summed E-state index contributed by atoms with van der Waals surface area (Å²) < 4.78 is 0. The number of benzene rings is 1. The smallest absolute Gasteiger partial charge is 0.323 e. The quantitative estimate of drug-likeness (QED) is 0.922. The third-order valence-electron chi connectivity index (χ3n) is 3.33. The Morgan fingerprint density at radius 2 is 2.00 bits per heavy atom. The van der Waals surface area contributed by atoms with E-state index in [9.17, 15) is 4.79 Å². The van der Waals surface area contributed by atoms with E-state index in [1.54, 1.807) is 10.4 Å². The summed E-state index contributed by atoms with van der Waals surface area (Å²) in [7, 11) is 0. The summed E-state index contributed by atoms with van der Waals surface area (Å²) in [6.45, 7) is 2.81. The standard InChI is InChI=1S/C13H14ClN5OS/c14-10-3-1-2-4-11(10)18-5-7-19(8-6-18)13(20)16-12-17-15-9-21-12/h1-4,9H,5-8H2,(H,16,17,20). The van der Waals surface area contributed by atoms with Gasteiger partial charge in [-0.25, -0.2) is 4.79 Å². The molecule has 0 spiro atoms. The lowest BCUT2D eigenvalue weighted by atomic mass is 10.2. The second-order valence-corrected chi connectivity index (χ2v) is 5.84. The third-order valence-corrected chi connectivity index (χ3v) is 4.26. The number of nitrogens with one attached hydrogen (secondary N) is 1. The van der Waals surface area contributed by atoms with Gasteiger partial charge in [0.15, 0.2) is 0 Å². The molecule has 6 nitrogen and oxygen atoms in total. The predicted octanol–water partition coefficient (Wildman–Crippen LogP) is 2.55. The van der Waals surface area contributed by atoms with Crippen LogP contribution in [0.1, 0.15) is 0 Å². The Bertz CT molecular complexity index is 613. The molecule has 0 unspecified atom stereocenters. The minimum absolute atomic E-state index is 0.134. The first-order valence-electron chi connectivity index (χ1n) is 6.55. The first-order valence-corrected chi connectivity index (χ1v) is 7.81. The number of nitrogens with zero attached hydrogens (tertiary/aromatic N) is 4. The molecule has 2 aromatic rings. The highest BCUT2D eigenvalue weighted by atomic mass is 35.5. The highest BCUT2D eigenvalue weighted by Gasteiger charge is 2.22. The number of carbonyl (C=O) groups excluding carboxylic acids is 1. The molecule has 1 saturated heterocycles. The zero-order valence-corrected chi connectivity index (χ0v) is 12.8. The SMILES string of the molecule is O=C(Nc1nncs1)N1CCN(c2ccccc2Cl)CC1. The molecule has 0 aliphatic carbocycles. The number of urea groups is 1. The summed E-state index contributed by atoms with van der Waals surface area (Å²) in [6, 6.07) is 7.63. The van der Waals surface area contributed by atoms with E-state index < -0.39 is 0 Å². The van der Waals surface area contributed by atoms with E-state index in [1.807, 2.05) is 24.3 Å². The van der Waals surface area contributed by atoms with Crippen LogP contribution in [0.3, 0.4) is 0 Å². The van der Waals surface area contributed by atoms with E-state index in [0.29, 0.717) is 18.2 Å². The van der Waals surface area contributed by atoms with Gasteiger partial charge in [-0.05, 0) is 12.1 Å². The van der Waals surface area contributed by atoms with Crippen molar-refractivity contribution in [2.24, 2.45) is 0 Å². The number of halogens is 1. The van der Waals surface area contributed by atoms with Crippen LogP contribution in [0, 0.1) is 0 Å². The third kappa shape index (κ3) is 3.25. The number of piperazine rings is 1. The Balaban J connectivity index is 1.58. The summed E-state index contributed by atoms with van der Waals surface area (Å²) in [5.74, 6) is 0. The predicted molar refractivity (Wildman–Crippen MR) is 84.2 cm³/mol. The molecule has 21 heavy (non-hydrogen) atoms. The Morgan fingerprint density at radius 1 is 1.24 bits per heavy atom. The zero-order valence-electron chi connectivity index (χ0n) is 11.2. The number of carbonyl (C=O) groups is 1. The van der Waals surface area contributed by atoms with E-state index in [2.05, 4.69) is 20.4 Å². The fraction of sp³-hybridized carbons (Fsp3) is 0.308. The van der Waals surface area contributed by atoms with Crippen molar-refractivity contribution in [3.05, 3.63) is 34.8 Å². The summed E-state index contributed by atoms with van der Waals surface area (Å²) in [4.78, 5) is 16.0. The van der Waals surface area contributed by atoms with Crippen LogP contribution in [0.25, 0.3) is 0 Å². The van der Waals surface area contributed by atoms with Crippen LogP contribution < -0.4 is 10.2 Å². The van der Waals surface area contributed by atoms with Gasteiger partial charge in [-0.3, -0.25) is 5.32 Å². The van der Waals surface area contributed by atoms with Crippen molar-refractivity contribution in [1.82, 2.24) is 15.1 Å². The van der Waals surface area contributed by atoms with Gasteiger partial charge >= 0.3 is 6.03 Å². The van der Waals surface area contributed by atoms with Gasteiger partial charge in [0.05, 0.1) is 10.7 Å². The van der Waals surface area contributed by atoms with E-state index in [4.69, 9.17) is 11.6 Å². The van der Waals surface area contributed by atoms with Crippen LogP contribution in [0.2, 0.25) is 5.02 Å². The van der Waals surface area contributed by atoms with Crippen molar-refractivity contribution in [3.63, 3.8) is 0 Å². The molecule has 0 bridgehead atoms. The summed E-state index contributed by atoms with van der Waals surface area (Å²) in [5, 5.41) is 11.5. The minimum Gasteiger partial charge on any atom is -0.367 e. The molecule has 1 fully saturated rings. The van der Waals surface area contributed by atoms with Gasteiger partial charge in [0, 0.05) is 26.2 Å². The lowest BCUT2D eigenvalue weighted by Crippen LogP contribution is -2.50. The second-order valence-electron chi connectivity index (χ2n) is 4.60. The largest absolute Gasteiger partial charge is 0.367 e. The normalized spacial score (nSPS) is 15.1. The monoisotopic (exact) mass is 323 g/mol. The molecule has 110 valence electrons. The molecule has 1 aliphatic rings. The molecule has 1 aromatic carbocycles. The van der Waals surface area contributed by atoms with Crippen molar-refractivity contribution < 1.29 is 4.79 Å². The molecule has 2 heterocycles. The lowest BCUT2D eigenvalue weighted by Gasteiger charge is -2.36. The van der Waals surface area contributed by atoms with Crippen LogP contribution in [0.5, 0.6) is 0 Å². The first-order chi connectivity index (χ1) is 10.2. The number of hydrogen-bond donors (Lipinski definition) is 1. The maximum atomic E-state index is 12.1. The minimum atomic E-state index is -0.134. The number of aromatic nitrogens is 2. The van der Waals surface area contributed by atoms with Gasteiger partial charge in [0.1, 0.15) is 5.51 Å². The Morgan fingerprint density at radius 3 is 2.67 bits per heavy atom. The molecule has 1 aromatic heterocycles. The average molecular weight is 324 g/mol. The Labute approximate surface area is 131 Å². The summed E-state index contributed by atoms with van der Waals surface area (Å²) in [5.41, 5.74) is 2.61. The van der Waals surface area contributed by atoms with Gasteiger partial charge in [-0.1, -0.05) is 35.1 Å². The van der Waals surface area contributed by atoms with Crippen molar-refractivity contribution in [2.75, 3.05) is 36.4 Å².